The van der Waals surface area contributed by atoms with Crippen LogP contribution in [-0.2, 0) is 9.53 Å². The first-order chi connectivity index (χ1) is 9.91. The van der Waals surface area contributed by atoms with Crippen LogP contribution >= 0.6 is 0 Å². The lowest BCUT2D eigenvalue weighted by molar-refractivity contribution is -0.144. The Hall–Kier alpha value is -0.610. The van der Waals surface area contributed by atoms with Crippen LogP contribution in [0.4, 0.5) is 0 Å². The molecule has 1 N–H and O–H groups in total. The molecule has 0 amide bonds. The summed E-state index contributed by atoms with van der Waals surface area (Å²) in [6, 6.07) is 0.446. The summed E-state index contributed by atoms with van der Waals surface area (Å²) in [4.78, 5) is 13.8. The number of nitrogens with zero attached hydrogens (tertiary/aromatic N) is 1. The lowest BCUT2D eigenvalue weighted by Crippen LogP contribution is -2.57. The molecule has 122 valence electrons. The molecule has 0 aromatic carbocycles. The third-order valence-electron chi connectivity index (χ3n) is 5.88. The first kappa shape index (κ1) is 16.8. The van der Waals surface area contributed by atoms with Crippen molar-refractivity contribution in [2.75, 3.05) is 13.7 Å². The second kappa shape index (κ2) is 6.66. The van der Waals surface area contributed by atoms with E-state index in [-0.39, 0.29) is 17.6 Å². The summed E-state index contributed by atoms with van der Waals surface area (Å²) in [5.74, 6) is -0.658. The number of carbonyl (C=O) groups is 1. The predicted octanol–water partition coefficient (Wildman–Crippen LogP) is 3.44. The lowest BCUT2D eigenvalue weighted by atomic mass is 9.76. The quantitative estimate of drug-likeness (QED) is 0.844. The van der Waals surface area contributed by atoms with Crippen LogP contribution in [0.2, 0.25) is 0 Å². The van der Waals surface area contributed by atoms with Crippen LogP contribution in [0.15, 0.2) is 0 Å². The second-order valence-corrected chi connectivity index (χ2v) is 7.26. The summed E-state index contributed by atoms with van der Waals surface area (Å²) in [7, 11) is 2.15. The fourth-order valence-electron chi connectivity index (χ4n) is 4.21. The maximum absolute atomic E-state index is 11.4. The molecule has 2 rings (SSSR count). The van der Waals surface area contributed by atoms with E-state index in [0.717, 1.165) is 51.6 Å². The highest BCUT2D eigenvalue weighted by Gasteiger charge is 2.43. The van der Waals surface area contributed by atoms with Crippen LogP contribution in [-0.4, -0.2) is 46.8 Å². The molecule has 4 nitrogen and oxygen atoms in total. The van der Waals surface area contributed by atoms with Gasteiger partial charge < -0.3 is 9.84 Å². The van der Waals surface area contributed by atoms with Crippen LogP contribution in [0, 0.1) is 0 Å². The van der Waals surface area contributed by atoms with Crippen molar-refractivity contribution < 1.29 is 14.6 Å². The Labute approximate surface area is 128 Å². The smallest absolute Gasteiger partial charge is 0.305 e. The fourth-order valence-corrected chi connectivity index (χ4v) is 4.21. The standard InChI is InChI=1S/C17H31NO3/c1-4-16(2)12-14(8-11-21-16)18(3)17(13-15(19)20)9-6-5-7-10-17/h14H,4-13H2,1-3H3,(H,19,20). The minimum absolute atomic E-state index is 0.0454. The Morgan fingerprint density at radius 2 is 2.00 bits per heavy atom. The topological polar surface area (TPSA) is 49.8 Å². The van der Waals surface area contributed by atoms with E-state index in [4.69, 9.17) is 4.74 Å². The zero-order chi connectivity index (χ0) is 15.5. The van der Waals surface area contributed by atoms with E-state index in [9.17, 15) is 9.90 Å². The molecule has 1 aliphatic carbocycles. The third kappa shape index (κ3) is 3.78. The molecule has 2 aliphatic rings. The van der Waals surface area contributed by atoms with Gasteiger partial charge in [0.15, 0.2) is 0 Å². The average molecular weight is 297 g/mol. The first-order valence-corrected chi connectivity index (χ1v) is 8.49. The van der Waals surface area contributed by atoms with Crippen molar-refractivity contribution in [3.05, 3.63) is 0 Å². The Kier molecular flexibility index (Phi) is 5.31. The van der Waals surface area contributed by atoms with E-state index in [1.54, 1.807) is 0 Å². The van der Waals surface area contributed by atoms with Gasteiger partial charge in [-0.25, -0.2) is 0 Å². The Morgan fingerprint density at radius 3 is 2.57 bits per heavy atom. The van der Waals surface area contributed by atoms with Gasteiger partial charge in [0.25, 0.3) is 0 Å². The summed E-state index contributed by atoms with van der Waals surface area (Å²) in [5, 5.41) is 9.38. The summed E-state index contributed by atoms with van der Waals surface area (Å²) in [6.07, 6.45) is 8.95. The summed E-state index contributed by atoms with van der Waals surface area (Å²) < 4.78 is 5.95. The summed E-state index contributed by atoms with van der Waals surface area (Å²) >= 11 is 0. The normalized spacial score (nSPS) is 33.0. The van der Waals surface area contributed by atoms with Crippen molar-refractivity contribution in [3.63, 3.8) is 0 Å². The molecule has 2 atom stereocenters. The van der Waals surface area contributed by atoms with Gasteiger partial charge in [-0.3, -0.25) is 9.69 Å². The van der Waals surface area contributed by atoms with Crippen molar-refractivity contribution >= 4 is 5.97 Å². The molecule has 1 saturated carbocycles. The highest BCUT2D eigenvalue weighted by atomic mass is 16.5. The van der Waals surface area contributed by atoms with Crippen LogP contribution in [0.5, 0.6) is 0 Å². The van der Waals surface area contributed by atoms with Gasteiger partial charge in [0.2, 0.25) is 0 Å². The van der Waals surface area contributed by atoms with Gasteiger partial charge in [-0.05, 0) is 46.1 Å². The summed E-state index contributed by atoms with van der Waals surface area (Å²) in [5.41, 5.74) is -0.184. The van der Waals surface area contributed by atoms with Crippen LogP contribution in [0.1, 0.15) is 71.6 Å². The Balaban J connectivity index is 2.13. The molecule has 21 heavy (non-hydrogen) atoms. The zero-order valence-electron chi connectivity index (χ0n) is 13.9. The van der Waals surface area contributed by atoms with Gasteiger partial charge in [0.1, 0.15) is 0 Å². The van der Waals surface area contributed by atoms with E-state index < -0.39 is 5.97 Å². The predicted molar refractivity (Wildman–Crippen MR) is 83.5 cm³/mol. The number of ether oxygens (including phenoxy) is 1. The van der Waals surface area contributed by atoms with Gasteiger partial charge in [0.05, 0.1) is 12.0 Å². The molecule has 4 heteroatoms. The van der Waals surface area contributed by atoms with Crippen LogP contribution in [0.3, 0.4) is 0 Å². The third-order valence-corrected chi connectivity index (χ3v) is 5.88. The van der Waals surface area contributed by atoms with E-state index in [1.165, 1.54) is 6.42 Å². The van der Waals surface area contributed by atoms with Gasteiger partial charge in [-0.2, -0.15) is 0 Å². The number of carboxylic acid groups (broad SMARTS) is 1. The lowest BCUT2D eigenvalue weighted by Gasteiger charge is -2.51. The maximum Gasteiger partial charge on any atom is 0.305 e. The molecular weight excluding hydrogens is 266 g/mol. The van der Waals surface area contributed by atoms with E-state index in [0.29, 0.717) is 6.04 Å². The molecular formula is C17H31NO3. The maximum atomic E-state index is 11.4. The second-order valence-electron chi connectivity index (χ2n) is 7.26. The molecule has 2 unspecified atom stereocenters. The Bertz CT molecular complexity index is 365. The monoisotopic (exact) mass is 297 g/mol. The van der Waals surface area contributed by atoms with Crippen LogP contribution in [0.25, 0.3) is 0 Å². The number of hydrogen-bond donors (Lipinski definition) is 1. The van der Waals surface area contributed by atoms with Crippen LogP contribution < -0.4 is 0 Å². The highest BCUT2D eigenvalue weighted by Crippen LogP contribution is 2.40. The number of carboxylic acids is 1. The van der Waals surface area contributed by atoms with Gasteiger partial charge >= 0.3 is 5.97 Å². The van der Waals surface area contributed by atoms with Crippen molar-refractivity contribution in [1.29, 1.82) is 0 Å². The molecule has 1 heterocycles. The van der Waals surface area contributed by atoms with Gasteiger partial charge in [-0.1, -0.05) is 26.2 Å². The SMILES string of the molecule is CCC1(C)CC(N(C)C2(CC(=O)O)CCCCC2)CCO1. The first-order valence-electron chi connectivity index (χ1n) is 8.49. The molecule has 0 aromatic heterocycles. The highest BCUT2D eigenvalue weighted by molar-refractivity contribution is 5.68. The average Bonchev–Trinajstić information content (AvgIpc) is 2.47. The van der Waals surface area contributed by atoms with E-state index >= 15 is 0 Å². The van der Waals surface area contributed by atoms with Crippen molar-refractivity contribution in [2.24, 2.45) is 0 Å². The van der Waals surface area contributed by atoms with Crippen molar-refractivity contribution in [2.45, 2.75) is 88.8 Å². The Morgan fingerprint density at radius 1 is 1.33 bits per heavy atom. The molecule has 2 fully saturated rings. The number of hydrogen-bond acceptors (Lipinski definition) is 3. The van der Waals surface area contributed by atoms with Crippen molar-refractivity contribution in [1.82, 2.24) is 4.90 Å². The fraction of sp³-hybridized carbons (Fsp3) is 0.941. The molecule has 1 aliphatic heterocycles. The number of rotatable bonds is 5. The molecule has 0 bridgehead atoms. The van der Waals surface area contributed by atoms with Gasteiger partial charge in [0, 0.05) is 18.2 Å². The molecule has 0 spiro atoms. The largest absolute Gasteiger partial charge is 0.481 e. The minimum atomic E-state index is -0.658. The zero-order valence-corrected chi connectivity index (χ0v) is 13.9. The molecule has 0 aromatic rings. The molecule has 1 saturated heterocycles. The molecule has 0 radical (unpaired) electrons. The van der Waals surface area contributed by atoms with E-state index in [2.05, 4.69) is 25.8 Å². The van der Waals surface area contributed by atoms with Gasteiger partial charge in [-0.15, -0.1) is 0 Å². The minimum Gasteiger partial charge on any atom is -0.481 e. The van der Waals surface area contributed by atoms with E-state index in [1.807, 2.05) is 0 Å². The van der Waals surface area contributed by atoms with Crippen molar-refractivity contribution in [3.8, 4) is 0 Å². The number of aliphatic carboxylic acids is 1. The summed E-state index contributed by atoms with van der Waals surface area (Å²) in [6.45, 7) is 5.16.